The number of hydrogen-bond acceptors (Lipinski definition) is 6. The molecular formula is C24H31NO6S. The zero-order valence-corrected chi connectivity index (χ0v) is 19.7. The Morgan fingerprint density at radius 1 is 1.00 bits per heavy atom. The van der Waals surface area contributed by atoms with Crippen molar-refractivity contribution in [2.45, 2.75) is 37.6 Å². The fourth-order valence-electron chi connectivity index (χ4n) is 3.44. The molecule has 7 nitrogen and oxygen atoms in total. The van der Waals surface area contributed by atoms with E-state index in [-0.39, 0.29) is 34.9 Å². The third-order valence-corrected chi connectivity index (χ3v) is 7.21. The van der Waals surface area contributed by atoms with Crippen LogP contribution in [0.3, 0.4) is 0 Å². The van der Waals surface area contributed by atoms with Gasteiger partial charge in [-0.2, -0.15) is 0 Å². The lowest BCUT2D eigenvalue weighted by Gasteiger charge is -2.26. The molecule has 0 aliphatic rings. The van der Waals surface area contributed by atoms with E-state index in [1.165, 1.54) is 26.4 Å². The molecule has 0 radical (unpaired) electrons. The fourth-order valence-corrected chi connectivity index (χ4v) is 4.96. The number of nitrogens with one attached hydrogen (secondary N) is 1. The maximum atomic E-state index is 13.0. The minimum absolute atomic E-state index is 0.0877. The number of esters is 1. The molecule has 2 aromatic rings. The molecule has 0 saturated carbocycles. The summed E-state index contributed by atoms with van der Waals surface area (Å²) in [5.74, 6) is -0.604. The van der Waals surface area contributed by atoms with Gasteiger partial charge in [-0.3, -0.25) is 9.59 Å². The van der Waals surface area contributed by atoms with Gasteiger partial charge in [0.25, 0.3) is 5.91 Å². The normalized spacial score (nSPS) is 13.3. The summed E-state index contributed by atoms with van der Waals surface area (Å²) in [6.07, 6.45) is 0.458. The molecule has 0 aromatic heterocycles. The van der Waals surface area contributed by atoms with Crippen LogP contribution in [0.5, 0.6) is 5.75 Å². The van der Waals surface area contributed by atoms with Crippen molar-refractivity contribution in [2.24, 2.45) is 11.8 Å². The van der Waals surface area contributed by atoms with E-state index in [1.807, 2.05) is 13.8 Å². The van der Waals surface area contributed by atoms with Crippen LogP contribution >= 0.6 is 0 Å². The Kier molecular flexibility index (Phi) is 9.26. The van der Waals surface area contributed by atoms with Gasteiger partial charge in [0.15, 0.2) is 9.84 Å². The van der Waals surface area contributed by atoms with Gasteiger partial charge in [-0.1, -0.05) is 38.1 Å². The maximum Gasteiger partial charge on any atom is 0.305 e. The summed E-state index contributed by atoms with van der Waals surface area (Å²) in [6, 6.07) is 14.1. The fraction of sp³-hybridized carbons (Fsp3) is 0.417. The molecular weight excluding hydrogens is 430 g/mol. The Balaban J connectivity index is 2.30. The zero-order valence-electron chi connectivity index (χ0n) is 18.9. The van der Waals surface area contributed by atoms with Crippen LogP contribution in [0, 0.1) is 11.8 Å². The average Bonchev–Trinajstić information content (AvgIpc) is 2.78. The van der Waals surface area contributed by atoms with E-state index in [0.29, 0.717) is 17.7 Å². The first kappa shape index (κ1) is 25.4. The van der Waals surface area contributed by atoms with Gasteiger partial charge >= 0.3 is 5.97 Å². The first-order valence-corrected chi connectivity index (χ1v) is 12.1. The summed E-state index contributed by atoms with van der Waals surface area (Å²) in [6.45, 7) is 3.92. The van der Waals surface area contributed by atoms with Crippen LogP contribution in [-0.2, 0) is 19.4 Å². The number of amides is 1. The van der Waals surface area contributed by atoms with Gasteiger partial charge in [0.2, 0.25) is 0 Å². The number of ether oxygens (including phenoxy) is 2. The van der Waals surface area contributed by atoms with E-state index in [4.69, 9.17) is 9.47 Å². The van der Waals surface area contributed by atoms with E-state index in [0.717, 1.165) is 0 Å². The highest BCUT2D eigenvalue weighted by Gasteiger charge is 2.28. The van der Waals surface area contributed by atoms with Crippen LogP contribution < -0.4 is 10.1 Å². The largest absolute Gasteiger partial charge is 0.497 e. The summed E-state index contributed by atoms with van der Waals surface area (Å²) >= 11 is 0. The summed E-state index contributed by atoms with van der Waals surface area (Å²) in [4.78, 5) is 25.0. The molecule has 2 rings (SSSR count). The summed E-state index contributed by atoms with van der Waals surface area (Å²) in [5.41, 5.74) is 0.362. The predicted molar refractivity (Wildman–Crippen MR) is 122 cm³/mol. The molecule has 0 saturated heterocycles. The number of methoxy groups -OCH3 is 2. The minimum atomic E-state index is -3.66. The second-order valence-corrected chi connectivity index (χ2v) is 10.1. The number of benzene rings is 2. The molecule has 0 heterocycles. The molecule has 0 bridgehead atoms. The third kappa shape index (κ3) is 7.37. The Bertz CT molecular complexity index is 1000. The zero-order chi connectivity index (χ0) is 23.7. The van der Waals surface area contributed by atoms with Crippen molar-refractivity contribution in [1.82, 2.24) is 5.32 Å². The van der Waals surface area contributed by atoms with Crippen LogP contribution in [0.25, 0.3) is 0 Å². The van der Waals surface area contributed by atoms with Crippen molar-refractivity contribution in [1.29, 1.82) is 0 Å². The molecule has 32 heavy (non-hydrogen) atoms. The van der Waals surface area contributed by atoms with Gasteiger partial charge in [-0.05, 0) is 48.6 Å². The lowest BCUT2D eigenvalue weighted by atomic mass is 9.87. The van der Waals surface area contributed by atoms with Crippen molar-refractivity contribution >= 4 is 21.7 Å². The van der Waals surface area contributed by atoms with E-state index in [1.54, 1.807) is 42.5 Å². The van der Waals surface area contributed by atoms with E-state index in [9.17, 15) is 18.0 Å². The Labute approximate surface area is 190 Å². The van der Waals surface area contributed by atoms with Gasteiger partial charge in [-0.25, -0.2) is 8.42 Å². The number of carbonyl (C=O) groups is 2. The Hall–Kier alpha value is -2.87. The van der Waals surface area contributed by atoms with Crippen molar-refractivity contribution in [2.75, 3.05) is 20.0 Å². The highest BCUT2D eigenvalue weighted by atomic mass is 32.2. The molecule has 1 N–H and O–H groups in total. The molecule has 0 fully saturated rings. The maximum absolute atomic E-state index is 13.0. The van der Waals surface area contributed by atoms with Crippen molar-refractivity contribution in [3.8, 4) is 5.75 Å². The van der Waals surface area contributed by atoms with Crippen LogP contribution in [0.2, 0.25) is 0 Å². The second kappa shape index (κ2) is 11.7. The number of carbonyl (C=O) groups excluding carboxylic acids is 2. The lowest BCUT2D eigenvalue weighted by molar-refractivity contribution is -0.142. The highest BCUT2D eigenvalue weighted by Crippen LogP contribution is 2.24. The van der Waals surface area contributed by atoms with Gasteiger partial charge in [0.1, 0.15) is 5.75 Å². The lowest BCUT2D eigenvalue weighted by Crippen LogP contribution is -2.42. The SMILES string of the molecule is COC(=O)C[C@@H](C[C@H](CS(=O)(=O)c1ccccc1)NC(=O)c1cccc(OC)c1)C(C)C. The number of sulfone groups is 1. The van der Waals surface area contributed by atoms with Crippen molar-refractivity contribution in [3.05, 3.63) is 60.2 Å². The summed E-state index contributed by atoms with van der Waals surface area (Å²) in [7, 11) is -0.834. The molecule has 0 aliphatic heterocycles. The quantitative estimate of drug-likeness (QED) is 0.514. The first-order valence-electron chi connectivity index (χ1n) is 10.5. The van der Waals surface area contributed by atoms with Crippen LogP contribution in [0.15, 0.2) is 59.5 Å². The molecule has 2 atom stereocenters. The van der Waals surface area contributed by atoms with E-state index in [2.05, 4.69) is 5.32 Å². The van der Waals surface area contributed by atoms with Gasteiger partial charge in [-0.15, -0.1) is 0 Å². The monoisotopic (exact) mass is 461 g/mol. The molecule has 1 amide bonds. The number of rotatable bonds is 11. The molecule has 174 valence electrons. The molecule has 8 heteroatoms. The summed E-state index contributed by atoms with van der Waals surface area (Å²) in [5, 5.41) is 2.86. The highest BCUT2D eigenvalue weighted by molar-refractivity contribution is 7.91. The van der Waals surface area contributed by atoms with Gasteiger partial charge in [0, 0.05) is 18.0 Å². The van der Waals surface area contributed by atoms with E-state index >= 15 is 0 Å². The number of hydrogen-bond donors (Lipinski definition) is 1. The van der Waals surface area contributed by atoms with Gasteiger partial charge < -0.3 is 14.8 Å². The summed E-state index contributed by atoms with van der Waals surface area (Å²) < 4.78 is 36.0. The Morgan fingerprint density at radius 2 is 1.69 bits per heavy atom. The van der Waals surface area contributed by atoms with Gasteiger partial charge in [0.05, 0.1) is 24.9 Å². The smallest absolute Gasteiger partial charge is 0.305 e. The molecule has 0 spiro atoms. The van der Waals surface area contributed by atoms with Crippen LogP contribution in [0.4, 0.5) is 0 Å². The molecule has 0 aliphatic carbocycles. The standard InChI is InChI=1S/C24H31NO6S/c1-17(2)19(15-23(26)31-4)13-20(16-32(28,29)22-11-6-5-7-12-22)25-24(27)18-9-8-10-21(14-18)30-3/h5-12,14,17,19-20H,13,15-16H2,1-4H3,(H,25,27)/t19-,20-/m1/s1. The van der Waals surface area contributed by atoms with Crippen molar-refractivity contribution < 1.29 is 27.5 Å². The molecule has 0 unspecified atom stereocenters. The first-order chi connectivity index (χ1) is 15.2. The van der Waals surface area contributed by atoms with Crippen LogP contribution in [0.1, 0.15) is 37.0 Å². The average molecular weight is 462 g/mol. The molecule has 2 aromatic carbocycles. The topological polar surface area (TPSA) is 98.8 Å². The third-order valence-electron chi connectivity index (χ3n) is 5.38. The van der Waals surface area contributed by atoms with E-state index < -0.39 is 21.8 Å². The van der Waals surface area contributed by atoms with Crippen molar-refractivity contribution in [3.63, 3.8) is 0 Å². The Morgan fingerprint density at radius 3 is 2.28 bits per heavy atom. The van der Waals surface area contributed by atoms with Crippen LogP contribution in [-0.4, -0.2) is 46.3 Å². The second-order valence-electron chi connectivity index (χ2n) is 8.02. The minimum Gasteiger partial charge on any atom is -0.497 e. The predicted octanol–water partition coefficient (Wildman–Crippen LogP) is 3.49.